The third-order valence-corrected chi connectivity index (χ3v) is 2.81. The maximum absolute atomic E-state index is 9.66. The minimum Gasteiger partial charge on any atom is -0.492 e. The van der Waals surface area contributed by atoms with Crippen molar-refractivity contribution in [3.05, 3.63) is 28.2 Å². The van der Waals surface area contributed by atoms with Gasteiger partial charge in [-0.2, -0.15) is 0 Å². The topological polar surface area (TPSA) is 29.5 Å². The van der Waals surface area contributed by atoms with Crippen molar-refractivity contribution in [2.75, 3.05) is 6.61 Å². The fourth-order valence-corrected chi connectivity index (χ4v) is 1.80. The molecule has 1 aromatic rings. The minimum atomic E-state index is -0.387. The molecule has 1 rings (SSSR count). The molecule has 0 aromatic heterocycles. The van der Waals surface area contributed by atoms with Crippen LogP contribution in [0.2, 0.25) is 0 Å². The van der Waals surface area contributed by atoms with Crippen molar-refractivity contribution < 1.29 is 9.84 Å². The molecule has 1 atom stereocenters. The van der Waals surface area contributed by atoms with Gasteiger partial charge in [-0.25, -0.2) is 0 Å². The first-order valence-corrected chi connectivity index (χ1v) is 6.08. The van der Waals surface area contributed by atoms with Gasteiger partial charge in [0.1, 0.15) is 5.75 Å². The van der Waals surface area contributed by atoms with E-state index in [4.69, 9.17) is 4.74 Å². The van der Waals surface area contributed by atoms with Crippen LogP contribution >= 0.6 is 15.9 Å². The molecule has 0 bridgehead atoms. The van der Waals surface area contributed by atoms with Gasteiger partial charge in [0.05, 0.1) is 17.2 Å². The summed E-state index contributed by atoms with van der Waals surface area (Å²) in [5.74, 6) is 0.837. The molecule has 0 spiro atoms. The van der Waals surface area contributed by atoms with Crippen LogP contribution in [0.4, 0.5) is 0 Å². The van der Waals surface area contributed by atoms with Crippen LogP contribution in [0.3, 0.4) is 0 Å². The Morgan fingerprint density at radius 3 is 2.67 bits per heavy atom. The van der Waals surface area contributed by atoms with Gasteiger partial charge in [0.15, 0.2) is 0 Å². The Labute approximate surface area is 99.4 Å². The summed E-state index contributed by atoms with van der Waals surface area (Å²) in [4.78, 5) is 0. The Bertz CT molecular complexity index is 312. The van der Waals surface area contributed by atoms with E-state index in [0.29, 0.717) is 6.61 Å². The molecule has 0 aliphatic rings. The molecule has 1 N–H and O–H groups in total. The van der Waals surface area contributed by atoms with Gasteiger partial charge >= 0.3 is 0 Å². The molecule has 0 aliphatic heterocycles. The van der Waals surface area contributed by atoms with E-state index in [1.165, 1.54) is 0 Å². The van der Waals surface area contributed by atoms with Gasteiger partial charge < -0.3 is 9.84 Å². The van der Waals surface area contributed by atoms with E-state index in [0.717, 1.165) is 28.6 Å². The summed E-state index contributed by atoms with van der Waals surface area (Å²) in [6.45, 7) is 4.75. The summed E-state index contributed by atoms with van der Waals surface area (Å²) < 4.78 is 6.43. The van der Waals surface area contributed by atoms with Gasteiger partial charge in [-0.05, 0) is 46.5 Å². The molecule has 1 aromatic carbocycles. The largest absolute Gasteiger partial charge is 0.492 e. The number of benzene rings is 1. The highest BCUT2D eigenvalue weighted by molar-refractivity contribution is 9.10. The lowest BCUT2D eigenvalue weighted by molar-refractivity contribution is 0.173. The molecule has 3 heteroatoms. The number of rotatable bonds is 5. The van der Waals surface area contributed by atoms with E-state index < -0.39 is 0 Å². The normalized spacial score (nSPS) is 12.5. The Hall–Kier alpha value is -0.540. The summed E-state index contributed by atoms with van der Waals surface area (Å²) in [6, 6.07) is 5.72. The highest BCUT2D eigenvalue weighted by Gasteiger charge is 2.08. The molecule has 0 radical (unpaired) electrons. The molecule has 0 unspecified atom stereocenters. The molecule has 15 heavy (non-hydrogen) atoms. The predicted octanol–water partition coefficient (Wildman–Crippen LogP) is 3.68. The molecule has 0 heterocycles. The Balaban J connectivity index is 2.78. The predicted molar refractivity (Wildman–Crippen MR) is 65.2 cm³/mol. The number of ether oxygens (including phenoxy) is 1. The number of hydrogen-bond donors (Lipinski definition) is 1. The van der Waals surface area contributed by atoms with E-state index in [2.05, 4.69) is 22.9 Å². The minimum absolute atomic E-state index is 0.387. The molecule has 2 nitrogen and oxygen atoms in total. The standard InChI is InChI=1S/C12H17BrO2/c1-3-7-15-12-6-5-9(8-10(12)13)11(14)4-2/h5-6,8,11,14H,3-4,7H2,1-2H3/t11-/m1/s1. The summed E-state index contributed by atoms with van der Waals surface area (Å²) in [5, 5.41) is 9.66. The zero-order valence-electron chi connectivity index (χ0n) is 9.16. The quantitative estimate of drug-likeness (QED) is 0.886. The van der Waals surface area contributed by atoms with Crippen LogP contribution in [0.25, 0.3) is 0 Å². The molecule has 0 aliphatic carbocycles. The van der Waals surface area contributed by atoms with E-state index >= 15 is 0 Å². The molecule has 84 valence electrons. The smallest absolute Gasteiger partial charge is 0.133 e. The van der Waals surface area contributed by atoms with E-state index in [1.807, 2.05) is 25.1 Å². The number of halogens is 1. The van der Waals surface area contributed by atoms with Gasteiger partial charge in [-0.15, -0.1) is 0 Å². The number of hydrogen-bond acceptors (Lipinski definition) is 2. The average molecular weight is 273 g/mol. The second kappa shape index (κ2) is 6.13. The zero-order valence-corrected chi connectivity index (χ0v) is 10.8. The number of aliphatic hydroxyl groups is 1. The Morgan fingerprint density at radius 1 is 1.40 bits per heavy atom. The van der Waals surface area contributed by atoms with Crippen molar-refractivity contribution in [1.82, 2.24) is 0 Å². The molecule has 0 saturated heterocycles. The van der Waals surface area contributed by atoms with Crippen molar-refractivity contribution in [3.63, 3.8) is 0 Å². The first-order valence-electron chi connectivity index (χ1n) is 5.29. The van der Waals surface area contributed by atoms with Crippen LogP contribution in [-0.4, -0.2) is 11.7 Å². The van der Waals surface area contributed by atoms with Crippen molar-refractivity contribution >= 4 is 15.9 Å². The first-order chi connectivity index (χ1) is 7.19. The zero-order chi connectivity index (χ0) is 11.3. The molecule has 0 saturated carbocycles. The van der Waals surface area contributed by atoms with Crippen LogP contribution in [0, 0.1) is 0 Å². The second-order valence-corrected chi connectivity index (χ2v) is 4.32. The monoisotopic (exact) mass is 272 g/mol. The molecular weight excluding hydrogens is 256 g/mol. The van der Waals surface area contributed by atoms with Crippen LogP contribution in [0.1, 0.15) is 38.4 Å². The van der Waals surface area contributed by atoms with Crippen molar-refractivity contribution in [1.29, 1.82) is 0 Å². The Kier molecular flexibility index (Phi) is 5.12. The van der Waals surface area contributed by atoms with Gasteiger partial charge in [-0.1, -0.05) is 19.9 Å². The average Bonchev–Trinajstić information content (AvgIpc) is 2.26. The third kappa shape index (κ3) is 3.50. The maximum Gasteiger partial charge on any atom is 0.133 e. The second-order valence-electron chi connectivity index (χ2n) is 3.46. The lowest BCUT2D eigenvalue weighted by Crippen LogP contribution is -1.98. The molecule has 0 fully saturated rings. The van der Waals surface area contributed by atoms with Gasteiger partial charge in [0.2, 0.25) is 0 Å². The van der Waals surface area contributed by atoms with Crippen molar-refractivity contribution in [3.8, 4) is 5.75 Å². The SMILES string of the molecule is CCCOc1ccc([C@H](O)CC)cc1Br. The number of aliphatic hydroxyl groups excluding tert-OH is 1. The summed E-state index contributed by atoms with van der Waals surface area (Å²) >= 11 is 3.44. The van der Waals surface area contributed by atoms with E-state index in [-0.39, 0.29) is 6.10 Å². The Morgan fingerprint density at radius 2 is 2.13 bits per heavy atom. The first kappa shape index (κ1) is 12.5. The lowest BCUT2D eigenvalue weighted by Gasteiger charge is -2.11. The van der Waals surface area contributed by atoms with Gasteiger partial charge in [-0.3, -0.25) is 0 Å². The third-order valence-electron chi connectivity index (χ3n) is 2.19. The van der Waals surface area contributed by atoms with Crippen LogP contribution < -0.4 is 4.74 Å². The fourth-order valence-electron chi connectivity index (χ4n) is 1.29. The highest BCUT2D eigenvalue weighted by atomic mass is 79.9. The summed E-state index contributed by atoms with van der Waals surface area (Å²) in [7, 11) is 0. The van der Waals surface area contributed by atoms with Gasteiger partial charge in [0.25, 0.3) is 0 Å². The van der Waals surface area contributed by atoms with Crippen LogP contribution in [0.5, 0.6) is 5.75 Å². The summed E-state index contributed by atoms with van der Waals surface area (Å²) in [6.07, 6.45) is 1.33. The van der Waals surface area contributed by atoms with Gasteiger partial charge in [0, 0.05) is 0 Å². The van der Waals surface area contributed by atoms with Crippen molar-refractivity contribution in [2.24, 2.45) is 0 Å². The van der Waals surface area contributed by atoms with Crippen LogP contribution in [0.15, 0.2) is 22.7 Å². The lowest BCUT2D eigenvalue weighted by atomic mass is 10.1. The van der Waals surface area contributed by atoms with Crippen LogP contribution in [-0.2, 0) is 0 Å². The molecule has 0 amide bonds. The van der Waals surface area contributed by atoms with E-state index in [1.54, 1.807) is 0 Å². The summed E-state index contributed by atoms with van der Waals surface area (Å²) in [5.41, 5.74) is 0.924. The van der Waals surface area contributed by atoms with E-state index in [9.17, 15) is 5.11 Å². The molecular formula is C12H17BrO2. The van der Waals surface area contributed by atoms with Crippen molar-refractivity contribution in [2.45, 2.75) is 32.8 Å². The maximum atomic E-state index is 9.66. The highest BCUT2D eigenvalue weighted by Crippen LogP contribution is 2.29. The fraction of sp³-hybridized carbons (Fsp3) is 0.500.